The number of benzene rings is 1. The number of carboxylic acids is 1. The molecule has 1 aromatic heterocycles. The van der Waals surface area contributed by atoms with E-state index in [0.29, 0.717) is 29.1 Å². The molecule has 2 aromatic rings. The molecule has 0 unspecified atom stereocenters. The predicted octanol–water partition coefficient (Wildman–Crippen LogP) is 2.93. The number of esters is 1. The maximum absolute atomic E-state index is 11.2. The number of carbonyl (C=O) groups excluding carboxylic acids is 1. The monoisotopic (exact) mass is 294 g/mol. The number of aromatic carboxylic acids is 1. The number of methoxy groups -OCH3 is 1. The summed E-state index contributed by atoms with van der Waals surface area (Å²) in [5.41, 5.74) is 1.22. The van der Waals surface area contributed by atoms with Crippen molar-refractivity contribution in [3.05, 3.63) is 35.6 Å². The molecule has 20 heavy (non-hydrogen) atoms. The summed E-state index contributed by atoms with van der Waals surface area (Å²) >= 11 is 1.48. The van der Waals surface area contributed by atoms with E-state index in [1.807, 2.05) is 12.1 Å². The number of para-hydroxylation sites is 1. The highest BCUT2D eigenvalue weighted by molar-refractivity contribution is 7.98. The number of ether oxygens (including phenoxy) is 1. The fraction of sp³-hybridized carbons (Fsp3) is 0.286. The van der Waals surface area contributed by atoms with Crippen LogP contribution < -0.4 is 0 Å². The van der Waals surface area contributed by atoms with Gasteiger partial charge in [0.15, 0.2) is 0 Å². The first-order valence-electron chi connectivity index (χ1n) is 6.01. The Balaban J connectivity index is 2.13. The Bertz CT molecular complexity index is 632. The van der Waals surface area contributed by atoms with E-state index in [1.54, 1.807) is 12.1 Å². The van der Waals surface area contributed by atoms with Crippen molar-refractivity contribution >= 4 is 34.7 Å². The molecule has 0 atom stereocenters. The van der Waals surface area contributed by atoms with Gasteiger partial charge >= 0.3 is 11.9 Å². The molecule has 0 aliphatic heterocycles. The topological polar surface area (TPSA) is 76.7 Å². The van der Waals surface area contributed by atoms with Gasteiger partial charge in [0.2, 0.25) is 5.76 Å². The number of furan rings is 1. The number of thioether (sulfide) groups is 1. The van der Waals surface area contributed by atoms with E-state index in [1.165, 1.54) is 18.9 Å². The summed E-state index contributed by atoms with van der Waals surface area (Å²) in [4.78, 5) is 22.2. The van der Waals surface area contributed by atoms with Crippen molar-refractivity contribution in [1.82, 2.24) is 0 Å². The number of carbonyl (C=O) groups is 2. The van der Waals surface area contributed by atoms with Gasteiger partial charge in [-0.15, -0.1) is 0 Å². The Morgan fingerprint density at radius 2 is 2.10 bits per heavy atom. The lowest BCUT2D eigenvalue weighted by Gasteiger charge is -2.01. The number of rotatable bonds is 6. The maximum Gasteiger partial charge on any atom is 0.372 e. The van der Waals surface area contributed by atoms with Crippen molar-refractivity contribution < 1.29 is 23.8 Å². The summed E-state index contributed by atoms with van der Waals surface area (Å²) in [5, 5.41) is 9.97. The molecule has 0 saturated carbocycles. The normalized spacial score (nSPS) is 10.7. The van der Waals surface area contributed by atoms with E-state index >= 15 is 0 Å². The largest absolute Gasteiger partial charge is 0.475 e. The molecule has 2 rings (SSSR count). The Hall–Kier alpha value is -1.95. The summed E-state index contributed by atoms with van der Waals surface area (Å²) < 4.78 is 9.91. The first-order valence-corrected chi connectivity index (χ1v) is 7.17. The van der Waals surface area contributed by atoms with Crippen LogP contribution in [0.1, 0.15) is 22.5 Å². The highest BCUT2D eigenvalue weighted by atomic mass is 32.2. The van der Waals surface area contributed by atoms with Crippen molar-refractivity contribution in [2.24, 2.45) is 0 Å². The minimum absolute atomic E-state index is 0.0308. The average Bonchev–Trinajstić information content (AvgIpc) is 2.82. The van der Waals surface area contributed by atoms with Crippen LogP contribution in [0.5, 0.6) is 0 Å². The van der Waals surface area contributed by atoms with Gasteiger partial charge in [0, 0.05) is 22.5 Å². The lowest BCUT2D eigenvalue weighted by Crippen LogP contribution is -2.02. The van der Waals surface area contributed by atoms with Crippen LogP contribution in [-0.2, 0) is 15.3 Å². The minimum atomic E-state index is -1.08. The van der Waals surface area contributed by atoms with Crippen LogP contribution in [-0.4, -0.2) is 29.9 Å². The van der Waals surface area contributed by atoms with Crippen LogP contribution in [0.25, 0.3) is 11.0 Å². The highest BCUT2D eigenvalue weighted by Gasteiger charge is 2.19. The molecule has 0 bridgehead atoms. The van der Waals surface area contributed by atoms with Gasteiger partial charge in [0.05, 0.1) is 13.5 Å². The summed E-state index contributed by atoms with van der Waals surface area (Å²) in [6, 6.07) is 7.21. The molecular formula is C14H14O5S. The third kappa shape index (κ3) is 3.14. The van der Waals surface area contributed by atoms with Crippen molar-refractivity contribution in [2.75, 3.05) is 12.9 Å². The lowest BCUT2D eigenvalue weighted by atomic mass is 10.1. The fourth-order valence-electron chi connectivity index (χ4n) is 1.85. The van der Waals surface area contributed by atoms with Gasteiger partial charge in [-0.05, 0) is 6.07 Å². The van der Waals surface area contributed by atoms with Crippen molar-refractivity contribution in [1.29, 1.82) is 0 Å². The zero-order valence-corrected chi connectivity index (χ0v) is 11.7. The van der Waals surface area contributed by atoms with Gasteiger partial charge in [-0.1, -0.05) is 18.2 Å². The SMILES string of the molecule is COC(=O)CCSCc1c(C(=O)O)oc2ccccc12. The molecule has 0 saturated heterocycles. The third-order valence-corrected chi connectivity index (χ3v) is 3.80. The zero-order valence-electron chi connectivity index (χ0n) is 10.9. The molecule has 1 N–H and O–H groups in total. The van der Waals surface area contributed by atoms with Gasteiger partial charge in [-0.25, -0.2) is 4.79 Å². The first-order chi connectivity index (χ1) is 9.63. The quantitative estimate of drug-likeness (QED) is 0.652. The van der Waals surface area contributed by atoms with Gasteiger partial charge in [-0.2, -0.15) is 11.8 Å². The zero-order chi connectivity index (χ0) is 14.5. The summed E-state index contributed by atoms with van der Waals surface area (Å²) in [7, 11) is 1.35. The molecule has 1 heterocycles. The number of fused-ring (bicyclic) bond motifs is 1. The minimum Gasteiger partial charge on any atom is -0.475 e. The number of hydrogen-bond acceptors (Lipinski definition) is 5. The molecule has 0 amide bonds. The Morgan fingerprint density at radius 1 is 1.35 bits per heavy atom. The van der Waals surface area contributed by atoms with E-state index in [4.69, 9.17) is 4.42 Å². The van der Waals surface area contributed by atoms with Crippen LogP contribution in [0.3, 0.4) is 0 Å². The third-order valence-electron chi connectivity index (χ3n) is 2.82. The Labute approximate surface area is 119 Å². The van der Waals surface area contributed by atoms with Gasteiger partial charge in [0.1, 0.15) is 5.58 Å². The maximum atomic E-state index is 11.2. The first kappa shape index (κ1) is 14.5. The summed E-state index contributed by atoms with van der Waals surface area (Å²) in [6.07, 6.45) is 0.305. The fourth-order valence-corrected chi connectivity index (χ4v) is 2.79. The second kappa shape index (κ2) is 6.47. The Morgan fingerprint density at radius 3 is 2.80 bits per heavy atom. The van der Waals surface area contributed by atoms with Crippen molar-refractivity contribution in [3.8, 4) is 0 Å². The van der Waals surface area contributed by atoms with E-state index in [9.17, 15) is 14.7 Å². The molecule has 0 spiro atoms. The molecule has 0 aliphatic carbocycles. The highest BCUT2D eigenvalue weighted by Crippen LogP contribution is 2.29. The lowest BCUT2D eigenvalue weighted by molar-refractivity contribution is -0.140. The summed E-state index contributed by atoms with van der Waals surface area (Å²) in [6.45, 7) is 0. The second-order valence-corrected chi connectivity index (χ2v) is 5.19. The Kier molecular flexibility index (Phi) is 4.68. The van der Waals surface area contributed by atoms with Gasteiger partial charge in [0.25, 0.3) is 0 Å². The van der Waals surface area contributed by atoms with E-state index < -0.39 is 5.97 Å². The number of carboxylic acid groups (broad SMARTS) is 1. The van der Waals surface area contributed by atoms with Crippen LogP contribution in [0.2, 0.25) is 0 Å². The van der Waals surface area contributed by atoms with Crippen LogP contribution in [0.4, 0.5) is 0 Å². The predicted molar refractivity (Wildman–Crippen MR) is 76.0 cm³/mol. The second-order valence-electron chi connectivity index (χ2n) is 4.09. The van der Waals surface area contributed by atoms with E-state index in [2.05, 4.69) is 4.74 Å². The standard InChI is InChI=1S/C14H14O5S/c1-18-12(15)6-7-20-8-10-9-4-2-3-5-11(9)19-13(10)14(16)17/h2-5H,6-8H2,1H3,(H,16,17). The van der Waals surface area contributed by atoms with Gasteiger partial charge in [-0.3, -0.25) is 4.79 Å². The average molecular weight is 294 g/mol. The van der Waals surface area contributed by atoms with Crippen LogP contribution in [0, 0.1) is 0 Å². The van der Waals surface area contributed by atoms with Crippen LogP contribution >= 0.6 is 11.8 Å². The summed E-state index contributed by atoms with van der Waals surface area (Å²) in [5.74, 6) is -0.324. The smallest absolute Gasteiger partial charge is 0.372 e. The molecule has 0 aliphatic rings. The van der Waals surface area contributed by atoms with Crippen LogP contribution in [0.15, 0.2) is 28.7 Å². The van der Waals surface area contributed by atoms with E-state index in [-0.39, 0.29) is 11.7 Å². The van der Waals surface area contributed by atoms with Crippen molar-refractivity contribution in [3.63, 3.8) is 0 Å². The van der Waals surface area contributed by atoms with Gasteiger partial charge < -0.3 is 14.3 Å². The molecule has 1 aromatic carbocycles. The molecule has 6 heteroatoms. The number of hydrogen-bond donors (Lipinski definition) is 1. The molecule has 0 fully saturated rings. The molecular weight excluding hydrogens is 280 g/mol. The van der Waals surface area contributed by atoms with Crippen molar-refractivity contribution in [2.45, 2.75) is 12.2 Å². The molecule has 0 radical (unpaired) electrons. The van der Waals surface area contributed by atoms with E-state index in [0.717, 1.165) is 5.39 Å². The molecule has 5 nitrogen and oxygen atoms in total. The molecule has 106 valence electrons.